The Labute approximate surface area is 176 Å². The van der Waals surface area contributed by atoms with Crippen LogP contribution in [-0.4, -0.2) is 41.1 Å². The van der Waals surface area contributed by atoms with Crippen LogP contribution in [0.4, 0.5) is 19.1 Å². The summed E-state index contributed by atoms with van der Waals surface area (Å²) in [5.74, 6) is 0.682. The minimum Gasteiger partial charge on any atom is -0.378 e. The van der Waals surface area contributed by atoms with Crippen LogP contribution >= 0.6 is 0 Å². The molecule has 31 heavy (non-hydrogen) atoms. The van der Waals surface area contributed by atoms with Crippen LogP contribution in [0.1, 0.15) is 17.0 Å². The van der Waals surface area contributed by atoms with Gasteiger partial charge in [-0.2, -0.15) is 18.4 Å². The van der Waals surface area contributed by atoms with Crippen LogP contribution < -0.4 is 4.90 Å². The topological polar surface area (TPSA) is 67.0 Å². The van der Waals surface area contributed by atoms with Gasteiger partial charge in [0, 0.05) is 13.1 Å². The summed E-state index contributed by atoms with van der Waals surface area (Å²) in [4.78, 5) is 1.98. The van der Waals surface area contributed by atoms with Gasteiger partial charge in [0.2, 0.25) is 5.95 Å². The van der Waals surface area contributed by atoms with E-state index in [0.29, 0.717) is 37.9 Å². The van der Waals surface area contributed by atoms with Crippen molar-refractivity contribution in [1.29, 1.82) is 5.26 Å². The van der Waals surface area contributed by atoms with Gasteiger partial charge in [0.05, 0.1) is 30.0 Å². The van der Waals surface area contributed by atoms with Crippen molar-refractivity contribution in [2.24, 2.45) is 0 Å². The molecule has 1 aliphatic rings. The molecule has 0 N–H and O–H groups in total. The number of halogens is 3. The largest absolute Gasteiger partial charge is 0.416 e. The lowest BCUT2D eigenvalue weighted by atomic mass is 10.0. The molecule has 1 aromatic heterocycles. The molecule has 0 amide bonds. The SMILES string of the molecule is N#CC(=Cc1ccccc1C(F)(F)F)c1nnc(N2CCOCC2)n1-c1ccccc1. The van der Waals surface area contributed by atoms with Gasteiger partial charge >= 0.3 is 6.18 Å². The smallest absolute Gasteiger partial charge is 0.378 e. The molecule has 0 aliphatic carbocycles. The maximum atomic E-state index is 13.4. The van der Waals surface area contributed by atoms with Crippen LogP contribution in [0, 0.1) is 11.3 Å². The molecule has 0 saturated carbocycles. The predicted octanol–water partition coefficient (Wildman–Crippen LogP) is 4.19. The number of hydrogen-bond donors (Lipinski definition) is 0. The molecule has 2 heterocycles. The van der Waals surface area contributed by atoms with Crippen molar-refractivity contribution in [3.05, 3.63) is 71.5 Å². The molecule has 1 aliphatic heterocycles. The second-order valence-electron chi connectivity index (χ2n) is 6.85. The monoisotopic (exact) mass is 425 g/mol. The average molecular weight is 425 g/mol. The summed E-state index contributed by atoms with van der Waals surface area (Å²) in [5.41, 5.74) is -0.245. The second-order valence-corrected chi connectivity index (χ2v) is 6.85. The molecule has 4 rings (SSSR count). The summed E-state index contributed by atoms with van der Waals surface area (Å²) >= 11 is 0. The Hall–Kier alpha value is -3.64. The van der Waals surface area contributed by atoms with Gasteiger partial charge in [0.25, 0.3) is 0 Å². The van der Waals surface area contributed by atoms with Crippen molar-refractivity contribution >= 4 is 17.6 Å². The zero-order valence-corrected chi connectivity index (χ0v) is 16.4. The number of nitrogens with zero attached hydrogens (tertiary/aromatic N) is 5. The van der Waals surface area contributed by atoms with E-state index in [9.17, 15) is 18.4 Å². The van der Waals surface area contributed by atoms with Crippen molar-refractivity contribution in [3.8, 4) is 11.8 Å². The molecule has 0 spiro atoms. The molecule has 0 bridgehead atoms. The molecule has 0 unspecified atom stereocenters. The lowest BCUT2D eigenvalue weighted by Gasteiger charge is -2.28. The maximum absolute atomic E-state index is 13.4. The molecule has 3 aromatic rings. The van der Waals surface area contributed by atoms with E-state index in [1.54, 1.807) is 4.57 Å². The van der Waals surface area contributed by atoms with Crippen LogP contribution in [-0.2, 0) is 10.9 Å². The molecule has 1 fully saturated rings. The van der Waals surface area contributed by atoms with Crippen LogP contribution in [0.15, 0.2) is 54.6 Å². The summed E-state index contributed by atoms with van der Waals surface area (Å²) in [7, 11) is 0. The number of para-hydroxylation sites is 1. The minimum atomic E-state index is -4.54. The number of aromatic nitrogens is 3. The van der Waals surface area contributed by atoms with Gasteiger partial charge in [-0.25, -0.2) is 0 Å². The second kappa shape index (κ2) is 8.62. The number of rotatable bonds is 4. The fourth-order valence-electron chi connectivity index (χ4n) is 3.42. The Morgan fingerprint density at radius 3 is 2.35 bits per heavy atom. The summed E-state index contributed by atoms with van der Waals surface area (Å²) in [5, 5.41) is 18.3. The van der Waals surface area contributed by atoms with E-state index >= 15 is 0 Å². The van der Waals surface area contributed by atoms with Gasteiger partial charge < -0.3 is 9.64 Å². The van der Waals surface area contributed by atoms with Gasteiger partial charge in [-0.3, -0.25) is 4.57 Å². The third-order valence-electron chi connectivity index (χ3n) is 4.88. The number of hydrogen-bond acceptors (Lipinski definition) is 5. The number of anilines is 1. The molecular weight excluding hydrogens is 407 g/mol. The van der Waals surface area contributed by atoms with Crippen LogP contribution in [0.3, 0.4) is 0 Å². The predicted molar refractivity (Wildman–Crippen MR) is 109 cm³/mol. The molecule has 1 saturated heterocycles. The standard InChI is InChI=1S/C22H18F3N5O/c23-22(24,25)19-9-5-4-6-16(19)14-17(15-26)20-27-28-21(29-10-12-31-13-11-29)30(20)18-7-2-1-3-8-18/h1-9,14H,10-13H2. The first-order valence-corrected chi connectivity index (χ1v) is 9.61. The third-order valence-corrected chi connectivity index (χ3v) is 4.88. The summed E-state index contributed by atoms with van der Waals surface area (Å²) in [6.07, 6.45) is -3.34. The molecule has 0 radical (unpaired) electrons. The fourth-order valence-corrected chi connectivity index (χ4v) is 3.42. The Bertz CT molecular complexity index is 1130. The van der Waals surface area contributed by atoms with Crippen LogP contribution in [0.2, 0.25) is 0 Å². The number of ether oxygens (including phenoxy) is 1. The minimum absolute atomic E-state index is 0.0208. The van der Waals surface area contributed by atoms with E-state index in [-0.39, 0.29) is 17.0 Å². The van der Waals surface area contributed by atoms with Gasteiger partial charge in [-0.05, 0) is 29.8 Å². The highest BCUT2D eigenvalue weighted by molar-refractivity contribution is 5.88. The lowest BCUT2D eigenvalue weighted by molar-refractivity contribution is -0.137. The molecule has 9 heteroatoms. The number of morpholine rings is 1. The first kappa shape index (κ1) is 20.6. The fraction of sp³-hybridized carbons (Fsp3) is 0.227. The van der Waals surface area contributed by atoms with E-state index in [1.165, 1.54) is 24.3 Å². The molecule has 2 aromatic carbocycles. The maximum Gasteiger partial charge on any atom is 0.416 e. The molecule has 158 valence electrons. The van der Waals surface area contributed by atoms with E-state index in [0.717, 1.165) is 6.07 Å². The van der Waals surface area contributed by atoms with Crippen molar-refractivity contribution in [3.63, 3.8) is 0 Å². The molecule has 0 atom stereocenters. The summed E-state index contributed by atoms with van der Waals surface area (Å²) < 4.78 is 47.4. The van der Waals surface area contributed by atoms with Crippen molar-refractivity contribution < 1.29 is 17.9 Å². The Morgan fingerprint density at radius 1 is 1.00 bits per heavy atom. The first-order valence-electron chi connectivity index (χ1n) is 9.61. The van der Waals surface area contributed by atoms with Crippen molar-refractivity contribution in [2.45, 2.75) is 6.18 Å². The quantitative estimate of drug-likeness (QED) is 0.587. The zero-order chi connectivity index (χ0) is 21.8. The Kier molecular flexibility index (Phi) is 5.73. The normalized spacial score (nSPS) is 15.0. The highest BCUT2D eigenvalue weighted by atomic mass is 19.4. The summed E-state index contributed by atoms with van der Waals surface area (Å²) in [6.45, 7) is 2.23. The highest BCUT2D eigenvalue weighted by Gasteiger charge is 2.33. The van der Waals surface area contributed by atoms with Crippen molar-refractivity contribution in [1.82, 2.24) is 14.8 Å². The van der Waals surface area contributed by atoms with E-state index in [4.69, 9.17) is 4.74 Å². The lowest BCUT2D eigenvalue weighted by Crippen LogP contribution is -2.38. The van der Waals surface area contributed by atoms with Gasteiger partial charge in [0.15, 0.2) is 5.82 Å². The summed E-state index contributed by atoms with van der Waals surface area (Å²) in [6, 6.07) is 16.3. The number of nitriles is 1. The highest BCUT2D eigenvalue weighted by Crippen LogP contribution is 2.34. The van der Waals surface area contributed by atoms with Crippen molar-refractivity contribution in [2.75, 3.05) is 31.2 Å². The Balaban J connectivity index is 1.87. The van der Waals surface area contributed by atoms with Gasteiger partial charge in [0.1, 0.15) is 6.07 Å². The molecular formula is C22H18F3N5O. The van der Waals surface area contributed by atoms with E-state index in [2.05, 4.69) is 10.2 Å². The van der Waals surface area contributed by atoms with Crippen LogP contribution in [0.25, 0.3) is 17.3 Å². The average Bonchev–Trinajstić information content (AvgIpc) is 3.23. The Morgan fingerprint density at radius 2 is 1.68 bits per heavy atom. The number of allylic oxidation sites excluding steroid dienone is 1. The third kappa shape index (κ3) is 4.29. The zero-order valence-electron chi connectivity index (χ0n) is 16.4. The first-order chi connectivity index (χ1) is 15.0. The number of alkyl halides is 3. The number of benzene rings is 2. The van der Waals surface area contributed by atoms with Crippen LogP contribution in [0.5, 0.6) is 0 Å². The van der Waals surface area contributed by atoms with E-state index < -0.39 is 11.7 Å². The van der Waals surface area contributed by atoms with E-state index in [1.807, 2.05) is 41.3 Å². The van der Waals surface area contributed by atoms with Gasteiger partial charge in [-0.15, -0.1) is 10.2 Å². The molecule has 6 nitrogen and oxygen atoms in total. The van der Waals surface area contributed by atoms with Gasteiger partial charge in [-0.1, -0.05) is 36.4 Å².